The average Bonchev–Trinajstić information content (AvgIpc) is 2.82. The predicted molar refractivity (Wildman–Crippen MR) is 76.6 cm³/mol. The monoisotopic (exact) mass is 281 g/mol. The fraction of sp³-hybridized carbons (Fsp3) is 0.533. The lowest BCUT2D eigenvalue weighted by Crippen LogP contribution is -2.29. The molecule has 19 heavy (non-hydrogen) atoms. The maximum atomic E-state index is 12.5. The van der Waals surface area contributed by atoms with Crippen LogP contribution in [0.1, 0.15) is 34.3 Å². The SMILES string of the molecule is Cc1cc(Cl)c(C(=O)N2CC[C@H](CCO)C2)cc1C. The van der Waals surface area contributed by atoms with Gasteiger partial charge in [0.1, 0.15) is 0 Å². The number of benzene rings is 1. The van der Waals surface area contributed by atoms with E-state index in [1.54, 1.807) is 0 Å². The van der Waals surface area contributed by atoms with Gasteiger partial charge in [0, 0.05) is 19.7 Å². The van der Waals surface area contributed by atoms with Crippen molar-refractivity contribution in [2.45, 2.75) is 26.7 Å². The molecule has 1 aromatic carbocycles. The van der Waals surface area contributed by atoms with E-state index in [9.17, 15) is 4.79 Å². The van der Waals surface area contributed by atoms with Crippen LogP contribution in [0.15, 0.2) is 12.1 Å². The van der Waals surface area contributed by atoms with E-state index < -0.39 is 0 Å². The number of aliphatic hydroxyl groups is 1. The van der Waals surface area contributed by atoms with Crippen LogP contribution in [0.2, 0.25) is 5.02 Å². The van der Waals surface area contributed by atoms with Gasteiger partial charge in [-0.15, -0.1) is 0 Å². The number of hydrogen-bond donors (Lipinski definition) is 1. The van der Waals surface area contributed by atoms with Gasteiger partial charge in [-0.3, -0.25) is 4.79 Å². The summed E-state index contributed by atoms with van der Waals surface area (Å²) in [6, 6.07) is 3.73. The third-order valence-corrected chi connectivity index (χ3v) is 4.24. The fourth-order valence-corrected chi connectivity index (χ4v) is 2.85. The second-order valence-corrected chi connectivity index (χ2v) is 5.74. The Morgan fingerprint density at radius 1 is 1.42 bits per heavy atom. The van der Waals surface area contributed by atoms with Gasteiger partial charge in [-0.2, -0.15) is 0 Å². The maximum Gasteiger partial charge on any atom is 0.255 e. The maximum absolute atomic E-state index is 12.5. The zero-order valence-corrected chi connectivity index (χ0v) is 12.2. The molecule has 0 aliphatic carbocycles. The Balaban J connectivity index is 2.15. The molecule has 1 aliphatic rings. The van der Waals surface area contributed by atoms with Gasteiger partial charge >= 0.3 is 0 Å². The van der Waals surface area contributed by atoms with Crippen molar-refractivity contribution < 1.29 is 9.90 Å². The van der Waals surface area contributed by atoms with Crippen LogP contribution in [0.25, 0.3) is 0 Å². The van der Waals surface area contributed by atoms with E-state index in [0.717, 1.165) is 37.1 Å². The number of halogens is 1. The van der Waals surface area contributed by atoms with Crippen LogP contribution in [-0.2, 0) is 0 Å². The first-order valence-corrected chi connectivity index (χ1v) is 7.07. The summed E-state index contributed by atoms with van der Waals surface area (Å²) in [4.78, 5) is 14.3. The summed E-state index contributed by atoms with van der Waals surface area (Å²) in [5.41, 5.74) is 2.77. The van der Waals surface area contributed by atoms with Gasteiger partial charge < -0.3 is 10.0 Å². The number of likely N-dealkylation sites (tertiary alicyclic amines) is 1. The highest BCUT2D eigenvalue weighted by Gasteiger charge is 2.27. The quantitative estimate of drug-likeness (QED) is 0.925. The van der Waals surface area contributed by atoms with Crippen molar-refractivity contribution in [3.05, 3.63) is 33.8 Å². The molecule has 4 heteroatoms. The first-order valence-electron chi connectivity index (χ1n) is 6.69. The van der Waals surface area contributed by atoms with Crippen LogP contribution in [-0.4, -0.2) is 35.6 Å². The van der Waals surface area contributed by atoms with E-state index in [2.05, 4.69) is 0 Å². The molecule has 1 heterocycles. The van der Waals surface area contributed by atoms with Gasteiger partial charge in [0.25, 0.3) is 5.91 Å². The first-order chi connectivity index (χ1) is 9.02. The van der Waals surface area contributed by atoms with Gasteiger partial charge in [0.2, 0.25) is 0 Å². The molecule has 104 valence electrons. The molecule has 2 rings (SSSR count). The highest BCUT2D eigenvalue weighted by Crippen LogP contribution is 2.26. The number of aryl methyl sites for hydroxylation is 2. The van der Waals surface area contributed by atoms with E-state index in [0.29, 0.717) is 16.5 Å². The molecular weight excluding hydrogens is 262 g/mol. The van der Waals surface area contributed by atoms with Crippen molar-refractivity contribution in [2.75, 3.05) is 19.7 Å². The molecule has 1 fully saturated rings. The standard InChI is InChI=1S/C15H20ClNO2/c1-10-7-13(14(16)8-11(10)2)15(19)17-5-3-12(9-17)4-6-18/h7-8,12,18H,3-6,9H2,1-2H3/t12-/m1/s1. The van der Waals surface area contributed by atoms with E-state index in [4.69, 9.17) is 16.7 Å². The second-order valence-electron chi connectivity index (χ2n) is 5.33. The Morgan fingerprint density at radius 3 is 2.79 bits per heavy atom. The molecule has 0 radical (unpaired) electrons. The van der Waals surface area contributed by atoms with Crippen molar-refractivity contribution in [2.24, 2.45) is 5.92 Å². The van der Waals surface area contributed by atoms with Gasteiger partial charge in [-0.1, -0.05) is 11.6 Å². The zero-order chi connectivity index (χ0) is 14.0. The predicted octanol–water partition coefficient (Wildman–Crippen LogP) is 2.80. The van der Waals surface area contributed by atoms with Crippen LogP contribution < -0.4 is 0 Å². The molecule has 0 aromatic heterocycles. The zero-order valence-electron chi connectivity index (χ0n) is 11.4. The number of carbonyl (C=O) groups is 1. The molecule has 1 N–H and O–H groups in total. The first kappa shape index (κ1) is 14.4. The summed E-state index contributed by atoms with van der Waals surface area (Å²) in [6.07, 6.45) is 1.74. The lowest BCUT2D eigenvalue weighted by Gasteiger charge is -2.18. The summed E-state index contributed by atoms with van der Waals surface area (Å²) >= 11 is 6.18. The van der Waals surface area contributed by atoms with E-state index in [1.807, 2.05) is 30.9 Å². The highest BCUT2D eigenvalue weighted by molar-refractivity contribution is 6.34. The van der Waals surface area contributed by atoms with Gasteiger partial charge in [0.15, 0.2) is 0 Å². The van der Waals surface area contributed by atoms with Crippen LogP contribution in [0.3, 0.4) is 0 Å². The summed E-state index contributed by atoms with van der Waals surface area (Å²) < 4.78 is 0. The smallest absolute Gasteiger partial charge is 0.255 e. The fourth-order valence-electron chi connectivity index (χ4n) is 2.55. The number of carbonyl (C=O) groups excluding carboxylic acids is 1. The number of amides is 1. The average molecular weight is 282 g/mol. The molecule has 3 nitrogen and oxygen atoms in total. The topological polar surface area (TPSA) is 40.5 Å². The Bertz CT molecular complexity index is 487. The molecule has 1 atom stereocenters. The normalized spacial score (nSPS) is 18.9. The number of aliphatic hydroxyl groups excluding tert-OH is 1. The molecule has 1 amide bonds. The van der Waals surface area contributed by atoms with Crippen LogP contribution in [0.4, 0.5) is 0 Å². The molecule has 0 spiro atoms. The lowest BCUT2D eigenvalue weighted by molar-refractivity contribution is 0.0785. The minimum atomic E-state index is 0.00791. The molecule has 0 unspecified atom stereocenters. The molecule has 1 aromatic rings. The third-order valence-electron chi connectivity index (χ3n) is 3.92. The van der Waals surface area contributed by atoms with Gasteiger partial charge in [0.05, 0.1) is 10.6 Å². The minimum absolute atomic E-state index is 0.00791. The highest BCUT2D eigenvalue weighted by atomic mass is 35.5. The van der Waals surface area contributed by atoms with Crippen LogP contribution in [0, 0.1) is 19.8 Å². The summed E-state index contributed by atoms with van der Waals surface area (Å²) in [6.45, 7) is 5.65. The van der Waals surface area contributed by atoms with E-state index in [1.165, 1.54) is 0 Å². The number of nitrogens with zero attached hydrogens (tertiary/aromatic N) is 1. The van der Waals surface area contributed by atoms with Crippen molar-refractivity contribution in [1.29, 1.82) is 0 Å². The molecule has 1 aliphatic heterocycles. The Hall–Kier alpha value is -1.06. The Kier molecular flexibility index (Phi) is 4.48. The van der Waals surface area contributed by atoms with E-state index >= 15 is 0 Å². The molecule has 0 bridgehead atoms. The minimum Gasteiger partial charge on any atom is -0.396 e. The molecular formula is C15H20ClNO2. The molecule has 1 saturated heterocycles. The summed E-state index contributed by atoms with van der Waals surface area (Å²) in [5, 5.41) is 9.48. The van der Waals surface area contributed by atoms with Crippen LogP contribution >= 0.6 is 11.6 Å². The lowest BCUT2D eigenvalue weighted by atomic mass is 10.0. The van der Waals surface area contributed by atoms with E-state index in [-0.39, 0.29) is 12.5 Å². The Labute approximate surface area is 119 Å². The van der Waals surface area contributed by atoms with Crippen LogP contribution in [0.5, 0.6) is 0 Å². The van der Waals surface area contributed by atoms with Crippen molar-refractivity contribution in [3.63, 3.8) is 0 Å². The van der Waals surface area contributed by atoms with Crippen molar-refractivity contribution in [1.82, 2.24) is 4.90 Å². The van der Waals surface area contributed by atoms with Gasteiger partial charge in [-0.25, -0.2) is 0 Å². The summed E-state index contributed by atoms with van der Waals surface area (Å²) in [5.74, 6) is 0.424. The van der Waals surface area contributed by atoms with Crippen molar-refractivity contribution >= 4 is 17.5 Å². The van der Waals surface area contributed by atoms with Gasteiger partial charge in [-0.05, 0) is 55.9 Å². The third kappa shape index (κ3) is 3.10. The molecule has 0 saturated carbocycles. The number of hydrogen-bond acceptors (Lipinski definition) is 2. The van der Waals surface area contributed by atoms with Crippen molar-refractivity contribution in [3.8, 4) is 0 Å². The summed E-state index contributed by atoms with van der Waals surface area (Å²) in [7, 11) is 0. The number of rotatable bonds is 3. The largest absolute Gasteiger partial charge is 0.396 e. The second kappa shape index (κ2) is 5.93. The Morgan fingerprint density at radius 2 is 2.11 bits per heavy atom.